The van der Waals surface area contributed by atoms with Crippen molar-refractivity contribution >= 4 is 28.6 Å². The zero-order chi connectivity index (χ0) is 13.2. The number of thiophene rings is 1. The van der Waals surface area contributed by atoms with Crippen LogP contribution >= 0.6 is 11.3 Å². The van der Waals surface area contributed by atoms with E-state index in [-0.39, 0.29) is 5.91 Å². The molecule has 1 aromatic heterocycles. The van der Waals surface area contributed by atoms with Gasteiger partial charge in [0.25, 0.3) is 0 Å². The fourth-order valence-electron chi connectivity index (χ4n) is 2.12. The first-order valence-electron chi connectivity index (χ1n) is 6.10. The zero-order valence-electron chi connectivity index (χ0n) is 10.3. The van der Waals surface area contributed by atoms with Gasteiger partial charge < -0.3 is 15.8 Å². The molecule has 0 spiro atoms. The third-order valence-corrected chi connectivity index (χ3v) is 3.98. The summed E-state index contributed by atoms with van der Waals surface area (Å²) in [5.41, 5.74) is 8.27. The number of hydrogen-bond donors (Lipinski definition) is 2. The van der Waals surface area contributed by atoms with E-state index in [1.54, 1.807) is 11.3 Å². The van der Waals surface area contributed by atoms with Crippen LogP contribution in [0.2, 0.25) is 0 Å². The minimum absolute atomic E-state index is 0.00476. The molecule has 0 aliphatic carbocycles. The Kier molecular flexibility index (Phi) is 3.13. The molecule has 1 amide bonds. The summed E-state index contributed by atoms with van der Waals surface area (Å²) in [4.78, 5) is 12.6. The van der Waals surface area contributed by atoms with Crippen LogP contribution < -0.4 is 15.8 Å². The molecule has 0 saturated heterocycles. The number of hydrogen-bond acceptors (Lipinski definition) is 4. The first kappa shape index (κ1) is 12.0. The van der Waals surface area contributed by atoms with Gasteiger partial charge in [-0.15, -0.1) is 11.3 Å². The van der Waals surface area contributed by atoms with Crippen LogP contribution in [0.1, 0.15) is 10.4 Å². The summed E-state index contributed by atoms with van der Waals surface area (Å²) >= 11 is 1.71. The van der Waals surface area contributed by atoms with Crippen LogP contribution in [0.15, 0.2) is 29.6 Å². The summed E-state index contributed by atoms with van der Waals surface area (Å²) in [5, 5.41) is 4.85. The van der Waals surface area contributed by atoms with E-state index < -0.39 is 0 Å². The summed E-state index contributed by atoms with van der Waals surface area (Å²) < 4.78 is 5.70. The highest BCUT2D eigenvalue weighted by Gasteiger charge is 2.19. The third kappa shape index (κ3) is 2.56. The number of anilines is 2. The first-order valence-corrected chi connectivity index (χ1v) is 6.98. The van der Waals surface area contributed by atoms with Gasteiger partial charge in [-0.05, 0) is 23.1 Å². The van der Waals surface area contributed by atoms with Crippen LogP contribution in [0.5, 0.6) is 5.75 Å². The van der Waals surface area contributed by atoms with Gasteiger partial charge in [0.15, 0.2) is 0 Å². The van der Waals surface area contributed by atoms with Crippen molar-refractivity contribution in [1.82, 2.24) is 0 Å². The highest BCUT2D eigenvalue weighted by atomic mass is 32.1. The van der Waals surface area contributed by atoms with Gasteiger partial charge in [0.2, 0.25) is 5.91 Å². The van der Waals surface area contributed by atoms with Gasteiger partial charge in [-0.1, -0.05) is 6.07 Å². The van der Waals surface area contributed by atoms with Gasteiger partial charge in [0.05, 0.1) is 18.7 Å². The Morgan fingerprint density at radius 1 is 1.42 bits per heavy atom. The summed E-state index contributed by atoms with van der Waals surface area (Å²) in [6, 6.07) is 7.73. The number of fused-ring (bicyclic) bond motifs is 1. The molecule has 0 atom stereocenters. The minimum atomic E-state index is 0.00476. The number of nitrogens with one attached hydrogen (secondary N) is 1. The molecule has 1 aliphatic rings. The van der Waals surface area contributed by atoms with Gasteiger partial charge in [0.1, 0.15) is 5.75 Å². The Morgan fingerprint density at radius 2 is 2.32 bits per heavy atom. The standard InChI is InChI=1S/C14H14N2O2S/c15-11-6-9-7-14(17)16-12(9)8-13(11)18-4-3-10-2-1-5-19-10/h1-2,5-6,8H,3-4,7,15H2,(H,16,17). The lowest BCUT2D eigenvalue weighted by molar-refractivity contribution is -0.115. The molecule has 3 rings (SSSR count). The van der Waals surface area contributed by atoms with Crippen molar-refractivity contribution in [3.05, 3.63) is 40.1 Å². The van der Waals surface area contributed by atoms with Crippen LogP contribution in [-0.4, -0.2) is 12.5 Å². The summed E-state index contributed by atoms with van der Waals surface area (Å²) in [6.07, 6.45) is 1.26. The average Bonchev–Trinajstić information content (AvgIpc) is 2.98. The largest absolute Gasteiger partial charge is 0.491 e. The molecular weight excluding hydrogens is 260 g/mol. The summed E-state index contributed by atoms with van der Waals surface area (Å²) in [5.74, 6) is 0.641. The van der Waals surface area contributed by atoms with E-state index in [0.29, 0.717) is 24.5 Å². The molecule has 19 heavy (non-hydrogen) atoms. The number of carbonyl (C=O) groups excluding carboxylic acids is 1. The number of nitrogens with two attached hydrogens (primary N) is 1. The molecule has 2 heterocycles. The van der Waals surface area contributed by atoms with E-state index in [2.05, 4.69) is 16.8 Å². The van der Waals surface area contributed by atoms with Gasteiger partial charge in [-0.2, -0.15) is 0 Å². The number of ether oxygens (including phenoxy) is 1. The topological polar surface area (TPSA) is 64.3 Å². The number of carbonyl (C=O) groups is 1. The van der Waals surface area contributed by atoms with Gasteiger partial charge >= 0.3 is 0 Å². The lowest BCUT2D eigenvalue weighted by atomic mass is 10.1. The van der Waals surface area contributed by atoms with Crippen molar-refractivity contribution in [2.24, 2.45) is 0 Å². The molecule has 1 aromatic carbocycles. The molecular formula is C14H14N2O2S. The number of nitrogen functional groups attached to an aromatic ring is 1. The van der Waals surface area contributed by atoms with Crippen LogP contribution in [0, 0.1) is 0 Å². The fourth-order valence-corrected chi connectivity index (χ4v) is 2.81. The maximum Gasteiger partial charge on any atom is 0.228 e. The van der Waals surface area contributed by atoms with Crippen LogP contribution in [0.3, 0.4) is 0 Å². The average molecular weight is 274 g/mol. The molecule has 0 fully saturated rings. The Balaban J connectivity index is 1.68. The Labute approximate surface area is 115 Å². The monoisotopic (exact) mass is 274 g/mol. The van der Waals surface area contributed by atoms with Crippen LogP contribution in [-0.2, 0) is 17.6 Å². The lowest BCUT2D eigenvalue weighted by Crippen LogP contribution is -2.04. The molecule has 3 N–H and O–H groups in total. The van der Waals surface area contributed by atoms with E-state index in [9.17, 15) is 4.79 Å². The number of amides is 1. The summed E-state index contributed by atoms with van der Waals surface area (Å²) in [6.45, 7) is 0.581. The smallest absolute Gasteiger partial charge is 0.228 e. The highest BCUT2D eigenvalue weighted by Crippen LogP contribution is 2.33. The van der Waals surface area contributed by atoms with Crippen molar-refractivity contribution in [3.8, 4) is 5.75 Å². The van der Waals surface area contributed by atoms with Crippen LogP contribution in [0.25, 0.3) is 0 Å². The normalized spacial score (nSPS) is 13.2. The lowest BCUT2D eigenvalue weighted by Gasteiger charge is -2.10. The molecule has 98 valence electrons. The van der Waals surface area contributed by atoms with Gasteiger partial charge in [-0.25, -0.2) is 0 Å². The molecule has 0 saturated carbocycles. The second-order valence-corrected chi connectivity index (χ2v) is 5.48. The fraction of sp³-hybridized carbons (Fsp3) is 0.214. The third-order valence-electron chi connectivity index (χ3n) is 3.05. The quantitative estimate of drug-likeness (QED) is 0.842. The van der Waals surface area contributed by atoms with Crippen molar-refractivity contribution in [1.29, 1.82) is 0 Å². The maximum absolute atomic E-state index is 11.3. The second-order valence-electron chi connectivity index (χ2n) is 4.45. The highest BCUT2D eigenvalue weighted by molar-refractivity contribution is 7.09. The molecule has 1 aliphatic heterocycles. The van der Waals surface area contributed by atoms with E-state index in [4.69, 9.17) is 10.5 Å². The first-order chi connectivity index (χ1) is 9.22. The Hall–Kier alpha value is -2.01. The van der Waals surface area contributed by atoms with E-state index in [1.165, 1.54) is 4.88 Å². The van der Waals surface area contributed by atoms with Crippen molar-refractivity contribution in [2.75, 3.05) is 17.7 Å². The minimum Gasteiger partial charge on any atom is -0.491 e. The van der Waals surface area contributed by atoms with Crippen LogP contribution in [0.4, 0.5) is 11.4 Å². The van der Waals surface area contributed by atoms with Crippen molar-refractivity contribution in [2.45, 2.75) is 12.8 Å². The molecule has 0 unspecified atom stereocenters. The second kappa shape index (κ2) is 4.93. The molecule has 5 heteroatoms. The number of rotatable bonds is 4. The van der Waals surface area contributed by atoms with E-state index >= 15 is 0 Å². The molecule has 4 nitrogen and oxygen atoms in total. The number of benzene rings is 1. The molecule has 0 bridgehead atoms. The van der Waals surface area contributed by atoms with Gasteiger partial charge in [-0.3, -0.25) is 4.79 Å². The van der Waals surface area contributed by atoms with Crippen molar-refractivity contribution in [3.63, 3.8) is 0 Å². The predicted molar refractivity (Wildman–Crippen MR) is 76.7 cm³/mol. The van der Waals surface area contributed by atoms with E-state index in [1.807, 2.05) is 18.2 Å². The van der Waals surface area contributed by atoms with Gasteiger partial charge in [0, 0.05) is 23.1 Å². The maximum atomic E-state index is 11.3. The van der Waals surface area contributed by atoms with E-state index in [0.717, 1.165) is 17.7 Å². The predicted octanol–water partition coefficient (Wildman–Crippen LogP) is 2.45. The Morgan fingerprint density at radius 3 is 3.11 bits per heavy atom. The summed E-state index contributed by atoms with van der Waals surface area (Å²) in [7, 11) is 0. The Bertz CT molecular complexity index is 608. The zero-order valence-corrected chi connectivity index (χ0v) is 11.1. The SMILES string of the molecule is Nc1cc2c(cc1OCCc1cccs1)NC(=O)C2. The van der Waals surface area contributed by atoms with Crippen molar-refractivity contribution < 1.29 is 9.53 Å². The molecule has 2 aromatic rings. The molecule has 0 radical (unpaired) electrons.